The molecule has 1 heterocycles. The summed E-state index contributed by atoms with van der Waals surface area (Å²) in [5.74, 6) is 0. The van der Waals surface area contributed by atoms with Crippen molar-refractivity contribution in [1.82, 2.24) is 4.90 Å². The van der Waals surface area contributed by atoms with Gasteiger partial charge in [0, 0.05) is 38.3 Å². The first-order valence-electron chi connectivity index (χ1n) is 7.24. The number of aliphatic hydroxyl groups is 1. The average Bonchev–Trinajstić information content (AvgIpc) is 3.21. The fraction of sp³-hybridized carbons (Fsp3) is 1.00. The predicted molar refractivity (Wildman–Crippen MR) is 70.4 cm³/mol. The number of nitrogens with zero attached hydrogens (tertiary/aromatic N) is 1. The van der Waals surface area contributed by atoms with Crippen LogP contribution >= 0.6 is 0 Å². The minimum atomic E-state index is -0.381. The van der Waals surface area contributed by atoms with Gasteiger partial charge < -0.3 is 14.6 Å². The van der Waals surface area contributed by atoms with Crippen molar-refractivity contribution in [2.45, 2.75) is 51.3 Å². The highest BCUT2D eigenvalue weighted by molar-refractivity contribution is 4.94. The van der Waals surface area contributed by atoms with Gasteiger partial charge in [0.1, 0.15) is 6.23 Å². The summed E-state index contributed by atoms with van der Waals surface area (Å²) in [7, 11) is 1.73. The lowest BCUT2D eigenvalue weighted by Gasteiger charge is -2.45. The van der Waals surface area contributed by atoms with Gasteiger partial charge in [0.25, 0.3) is 0 Å². The normalized spacial score (nSPS) is 25.3. The molecular formula is C14H27NO3. The molecule has 1 saturated carbocycles. The van der Waals surface area contributed by atoms with Crippen molar-refractivity contribution < 1.29 is 14.6 Å². The minimum absolute atomic E-state index is 0.134. The van der Waals surface area contributed by atoms with Crippen LogP contribution in [-0.2, 0) is 9.47 Å². The van der Waals surface area contributed by atoms with Gasteiger partial charge in [-0.1, -0.05) is 6.92 Å². The second-order valence-corrected chi connectivity index (χ2v) is 5.75. The van der Waals surface area contributed by atoms with E-state index in [1.54, 1.807) is 7.11 Å². The molecule has 2 aliphatic rings. The van der Waals surface area contributed by atoms with Gasteiger partial charge >= 0.3 is 0 Å². The largest absolute Gasteiger partial charge is 0.384 e. The van der Waals surface area contributed by atoms with Gasteiger partial charge in [-0.2, -0.15) is 0 Å². The zero-order valence-electron chi connectivity index (χ0n) is 11.7. The third-order valence-electron chi connectivity index (χ3n) is 4.28. The molecule has 1 N–H and O–H groups in total. The van der Waals surface area contributed by atoms with Crippen molar-refractivity contribution in [2.75, 3.05) is 33.5 Å². The number of hydrogen-bond donors (Lipinski definition) is 1. The van der Waals surface area contributed by atoms with Gasteiger partial charge in [0.2, 0.25) is 0 Å². The van der Waals surface area contributed by atoms with Crippen LogP contribution in [0.4, 0.5) is 0 Å². The SMILES string of the molecule is CCCN(C1CC1)C(O)C1(COC)CCOCC1. The second kappa shape index (κ2) is 6.33. The Balaban J connectivity index is 2.07. The first-order chi connectivity index (χ1) is 8.73. The van der Waals surface area contributed by atoms with Crippen molar-refractivity contribution in [3.05, 3.63) is 0 Å². The standard InChI is InChI=1S/C14H27NO3/c1-3-8-15(12-4-5-12)13(16)14(11-17-2)6-9-18-10-7-14/h12-13,16H,3-11H2,1-2H3. The molecule has 0 aromatic rings. The van der Waals surface area contributed by atoms with E-state index in [-0.39, 0.29) is 11.6 Å². The summed E-state index contributed by atoms with van der Waals surface area (Å²) in [6.45, 7) is 5.27. The van der Waals surface area contributed by atoms with Gasteiger partial charge in [-0.05, 0) is 32.1 Å². The van der Waals surface area contributed by atoms with Crippen LogP contribution in [0, 0.1) is 5.41 Å². The van der Waals surface area contributed by atoms with E-state index in [0.29, 0.717) is 12.6 Å². The van der Waals surface area contributed by atoms with E-state index >= 15 is 0 Å². The lowest BCUT2D eigenvalue weighted by atomic mass is 9.78. The molecule has 4 nitrogen and oxygen atoms in total. The molecule has 0 bridgehead atoms. The predicted octanol–water partition coefficient (Wildman–Crippen LogP) is 1.62. The van der Waals surface area contributed by atoms with E-state index in [0.717, 1.165) is 39.0 Å². The van der Waals surface area contributed by atoms with E-state index in [1.165, 1.54) is 12.8 Å². The number of rotatable bonds is 7. The van der Waals surface area contributed by atoms with Gasteiger partial charge in [-0.15, -0.1) is 0 Å². The molecule has 0 amide bonds. The molecule has 1 aliphatic heterocycles. The van der Waals surface area contributed by atoms with Crippen LogP contribution in [0.5, 0.6) is 0 Å². The van der Waals surface area contributed by atoms with Crippen molar-refractivity contribution in [3.8, 4) is 0 Å². The van der Waals surface area contributed by atoms with Crippen molar-refractivity contribution in [3.63, 3.8) is 0 Å². The highest BCUT2D eigenvalue weighted by Crippen LogP contribution is 2.40. The molecule has 0 spiro atoms. The van der Waals surface area contributed by atoms with E-state index in [2.05, 4.69) is 11.8 Å². The summed E-state index contributed by atoms with van der Waals surface area (Å²) in [6.07, 6.45) is 4.97. The van der Waals surface area contributed by atoms with Crippen molar-refractivity contribution in [1.29, 1.82) is 0 Å². The molecule has 0 aromatic carbocycles. The van der Waals surface area contributed by atoms with Crippen molar-refractivity contribution in [2.24, 2.45) is 5.41 Å². The monoisotopic (exact) mass is 257 g/mol. The lowest BCUT2D eigenvalue weighted by Crippen LogP contribution is -2.53. The van der Waals surface area contributed by atoms with Gasteiger partial charge in [-0.3, -0.25) is 4.90 Å². The third kappa shape index (κ3) is 3.05. The molecule has 0 aromatic heterocycles. The summed E-state index contributed by atoms with van der Waals surface area (Å²) in [5.41, 5.74) is -0.134. The Hall–Kier alpha value is -0.160. The Bertz CT molecular complexity index is 244. The first-order valence-corrected chi connectivity index (χ1v) is 7.24. The highest BCUT2D eigenvalue weighted by atomic mass is 16.5. The molecule has 1 saturated heterocycles. The zero-order valence-corrected chi connectivity index (χ0v) is 11.7. The lowest BCUT2D eigenvalue weighted by molar-refractivity contribution is -0.158. The Labute approximate surface area is 110 Å². The molecule has 0 radical (unpaired) electrons. The smallest absolute Gasteiger partial charge is 0.115 e. The number of hydrogen-bond acceptors (Lipinski definition) is 4. The first kappa shape index (κ1) is 14.3. The highest BCUT2D eigenvalue weighted by Gasteiger charge is 2.46. The Morgan fingerprint density at radius 2 is 2.06 bits per heavy atom. The van der Waals surface area contributed by atoms with E-state index in [4.69, 9.17) is 9.47 Å². The summed E-state index contributed by atoms with van der Waals surface area (Å²) < 4.78 is 10.8. The van der Waals surface area contributed by atoms with Crippen LogP contribution in [-0.4, -0.2) is 55.8 Å². The molecule has 1 atom stereocenters. The number of aliphatic hydroxyl groups excluding tert-OH is 1. The van der Waals surface area contributed by atoms with Crippen LogP contribution in [0.2, 0.25) is 0 Å². The fourth-order valence-electron chi connectivity index (χ4n) is 3.06. The van der Waals surface area contributed by atoms with Crippen molar-refractivity contribution >= 4 is 0 Å². The van der Waals surface area contributed by atoms with E-state index < -0.39 is 0 Å². The summed E-state index contributed by atoms with van der Waals surface area (Å²) in [4.78, 5) is 2.30. The zero-order chi connectivity index (χ0) is 13.0. The van der Waals surface area contributed by atoms with E-state index in [1.807, 2.05) is 0 Å². The molecule has 1 unspecified atom stereocenters. The molecule has 18 heavy (non-hydrogen) atoms. The fourth-order valence-corrected chi connectivity index (χ4v) is 3.06. The minimum Gasteiger partial charge on any atom is -0.384 e. The molecule has 4 heteroatoms. The molecular weight excluding hydrogens is 230 g/mol. The average molecular weight is 257 g/mol. The summed E-state index contributed by atoms with van der Waals surface area (Å²) in [5, 5.41) is 10.8. The van der Waals surface area contributed by atoms with Crippen LogP contribution < -0.4 is 0 Å². The Kier molecular flexibility index (Phi) is 5.01. The van der Waals surface area contributed by atoms with Crippen LogP contribution in [0.15, 0.2) is 0 Å². The number of methoxy groups -OCH3 is 1. The van der Waals surface area contributed by atoms with Gasteiger partial charge in [0.05, 0.1) is 6.61 Å². The topological polar surface area (TPSA) is 41.9 Å². The quantitative estimate of drug-likeness (QED) is 0.704. The van der Waals surface area contributed by atoms with Gasteiger partial charge in [0.15, 0.2) is 0 Å². The Morgan fingerprint density at radius 3 is 2.56 bits per heavy atom. The maximum absolute atomic E-state index is 10.8. The number of ether oxygens (including phenoxy) is 2. The molecule has 2 rings (SSSR count). The summed E-state index contributed by atoms with van der Waals surface area (Å²) in [6, 6.07) is 0.594. The second-order valence-electron chi connectivity index (χ2n) is 5.75. The maximum atomic E-state index is 10.8. The molecule has 106 valence electrons. The van der Waals surface area contributed by atoms with E-state index in [9.17, 15) is 5.11 Å². The van der Waals surface area contributed by atoms with Gasteiger partial charge in [-0.25, -0.2) is 0 Å². The Morgan fingerprint density at radius 1 is 1.39 bits per heavy atom. The maximum Gasteiger partial charge on any atom is 0.115 e. The van der Waals surface area contributed by atoms with Crippen LogP contribution in [0.1, 0.15) is 39.0 Å². The van der Waals surface area contributed by atoms with Crippen LogP contribution in [0.25, 0.3) is 0 Å². The summed E-state index contributed by atoms with van der Waals surface area (Å²) >= 11 is 0. The third-order valence-corrected chi connectivity index (χ3v) is 4.28. The molecule has 1 aliphatic carbocycles. The molecule has 2 fully saturated rings. The van der Waals surface area contributed by atoms with Crippen LogP contribution in [0.3, 0.4) is 0 Å².